The lowest BCUT2D eigenvalue weighted by molar-refractivity contribution is -0.142. The van der Waals surface area contributed by atoms with Crippen LogP contribution in [0.5, 0.6) is 0 Å². The number of aliphatic carboxylic acids is 1. The molecule has 2 aromatic rings. The first-order valence-corrected chi connectivity index (χ1v) is 11.5. The number of hydrogen-bond donors (Lipinski definition) is 7. The lowest BCUT2D eigenvalue weighted by atomic mass is 10.0. The summed E-state index contributed by atoms with van der Waals surface area (Å²) in [5.74, 6) is -2.21. The fourth-order valence-electron chi connectivity index (χ4n) is 3.25. The molecule has 10 heteroatoms. The predicted molar refractivity (Wildman–Crippen MR) is 133 cm³/mol. The highest BCUT2D eigenvalue weighted by atomic mass is 32.1. The van der Waals surface area contributed by atoms with Crippen LogP contribution in [0.2, 0.25) is 0 Å². The second-order valence-electron chi connectivity index (χ2n) is 7.67. The van der Waals surface area contributed by atoms with Crippen LogP contribution >= 0.6 is 25.3 Å². The molecule has 2 amide bonds. The molecule has 0 aromatic heterocycles. The minimum absolute atomic E-state index is 0.172. The smallest absolute Gasteiger partial charge is 0.326 e. The first-order valence-electron chi connectivity index (χ1n) is 10.6. The number of unbranched alkanes of at least 4 members (excludes halogenated alkanes) is 1. The van der Waals surface area contributed by atoms with Gasteiger partial charge in [-0.2, -0.15) is 0 Å². The minimum Gasteiger partial charge on any atom is -0.480 e. The molecular formula is C23H30N4O4S2. The van der Waals surface area contributed by atoms with Crippen LogP contribution in [0.25, 0.3) is 0 Å². The lowest BCUT2D eigenvalue weighted by Crippen LogP contribution is -2.52. The van der Waals surface area contributed by atoms with Crippen molar-refractivity contribution in [1.29, 1.82) is 0 Å². The van der Waals surface area contributed by atoms with Crippen molar-refractivity contribution in [3.63, 3.8) is 0 Å². The largest absolute Gasteiger partial charge is 0.480 e. The van der Waals surface area contributed by atoms with E-state index in [0.717, 1.165) is 11.1 Å². The van der Waals surface area contributed by atoms with Crippen LogP contribution in [-0.4, -0.2) is 41.5 Å². The van der Waals surface area contributed by atoms with Crippen molar-refractivity contribution < 1.29 is 19.5 Å². The molecule has 0 spiro atoms. The van der Waals surface area contributed by atoms with Gasteiger partial charge in [0.25, 0.3) is 5.91 Å². The van der Waals surface area contributed by atoms with Crippen molar-refractivity contribution in [3.05, 3.63) is 59.2 Å². The Bertz CT molecular complexity index is 949. The van der Waals surface area contributed by atoms with Crippen LogP contribution in [-0.2, 0) is 22.6 Å². The molecule has 0 aliphatic heterocycles. The standard InChI is InChI=1S/C23H30N4O4S2/c24-8-2-1-3-19(23(30)31)26-22(29)20(9-14-4-6-15(13-25)7-5-14)27-21(28)16-10-17(32)12-18(33)11-16/h4-7,10-12,19-20,32-33H,1-3,8-9,13,24-25H2,(H,26,29)(H,27,28)(H,30,31)/t19-,20-/m0/s1. The summed E-state index contributed by atoms with van der Waals surface area (Å²) in [7, 11) is 0. The zero-order valence-corrected chi connectivity index (χ0v) is 19.9. The van der Waals surface area contributed by atoms with Gasteiger partial charge >= 0.3 is 5.97 Å². The number of nitrogens with one attached hydrogen (secondary N) is 2. The van der Waals surface area contributed by atoms with E-state index in [1.807, 2.05) is 24.3 Å². The zero-order valence-electron chi connectivity index (χ0n) is 18.2. The topological polar surface area (TPSA) is 148 Å². The summed E-state index contributed by atoms with van der Waals surface area (Å²) in [5, 5.41) is 14.8. The number of hydrogen-bond acceptors (Lipinski definition) is 7. The quantitative estimate of drug-likeness (QED) is 0.178. The summed E-state index contributed by atoms with van der Waals surface area (Å²) < 4.78 is 0. The van der Waals surface area contributed by atoms with E-state index in [1.165, 1.54) is 0 Å². The molecule has 178 valence electrons. The van der Waals surface area contributed by atoms with Gasteiger partial charge in [0, 0.05) is 28.3 Å². The van der Waals surface area contributed by atoms with Gasteiger partial charge in [0.2, 0.25) is 5.91 Å². The van der Waals surface area contributed by atoms with Crippen molar-refractivity contribution in [2.75, 3.05) is 6.54 Å². The normalized spacial score (nSPS) is 12.6. The van der Waals surface area contributed by atoms with Crippen molar-refractivity contribution in [1.82, 2.24) is 10.6 Å². The third-order valence-electron chi connectivity index (χ3n) is 5.05. The molecule has 8 nitrogen and oxygen atoms in total. The average Bonchev–Trinajstić information content (AvgIpc) is 2.77. The van der Waals surface area contributed by atoms with Crippen LogP contribution < -0.4 is 22.1 Å². The molecule has 0 aliphatic carbocycles. The Labute approximate surface area is 204 Å². The Morgan fingerprint density at radius 3 is 2.03 bits per heavy atom. The fraction of sp³-hybridized carbons (Fsp3) is 0.348. The van der Waals surface area contributed by atoms with E-state index in [2.05, 4.69) is 35.9 Å². The number of carboxylic acids is 1. The summed E-state index contributed by atoms with van der Waals surface area (Å²) in [5.41, 5.74) is 13.1. The highest BCUT2D eigenvalue weighted by Gasteiger charge is 2.27. The molecule has 0 aliphatic rings. The third kappa shape index (κ3) is 8.73. The molecule has 0 saturated heterocycles. The minimum atomic E-state index is -1.14. The zero-order chi connectivity index (χ0) is 24.4. The Balaban J connectivity index is 2.23. The predicted octanol–water partition coefficient (Wildman–Crippen LogP) is 1.76. The second-order valence-corrected chi connectivity index (χ2v) is 8.71. The van der Waals surface area contributed by atoms with Gasteiger partial charge in [-0.3, -0.25) is 9.59 Å². The van der Waals surface area contributed by atoms with Gasteiger partial charge in [-0.15, -0.1) is 25.3 Å². The van der Waals surface area contributed by atoms with Crippen molar-refractivity contribution in [2.24, 2.45) is 11.5 Å². The molecular weight excluding hydrogens is 460 g/mol. The van der Waals surface area contributed by atoms with Crippen molar-refractivity contribution in [2.45, 2.75) is 54.1 Å². The first-order chi connectivity index (χ1) is 15.7. The molecule has 0 saturated carbocycles. The highest BCUT2D eigenvalue weighted by Crippen LogP contribution is 2.17. The van der Waals surface area contributed by atoms with E-state index >= 15 is 0 Å². The summed E-state index contributed by atoms with van der Waals surface area (Å²) >= 11 is 8.53. The number of benzene rings is 2. The maximum Gasteiger partial charge on any atom is 0.326 e. The second kappa shape index (κ2) is 13.2. The average molecular weight is 491 g/mol. The Kier molecular flexibility index (Phi) is 10.7. The number of carbonyl (C=O) groups excluding carboxylic acids is 2. The van der Waals surface area contributed by atoms with Gasteiger partial charge in [-0.1, -0.05) is 24.3 Å². The maximum absolute atomic E-state index is 13.1. The van der Waals surface area contributed by atoms with Gasteiger partial charge in [-0.05, 0) is 55.1 Å². The number of carbonyl (C=O) groups is 3. The molecule has 2 aromatic carbocycles. The van der Waals surface area contributed by atoms with Crippen LogP contribution in [0.4, 0.5) is 0 Å². The molecule has 0 radical (unpaired) electrons. The molecule has 33 heavy (non-hydrogen) atoms. The van der Waals surface area contributed by atoms with Gasteiger partial charge < -0.3 is 27.2 Å². The molecule has 7 N–H and O–H groups in total. The molecule has 0 fully saturated rings. The molecule has 2 atom stereocenters. The van der Waals surface area contributed by atoms with E-state index in [-0.39, 0.29) is 12.8 Å². The number of amides is 2. The van der Waals surface area contributed by atoms with Crippen LogP contribution in [0.15, 0.2) is 52.3 Å². The van der Waals surface area contributed by atoms with Gasteiger partial charge in [0.15, 0.2) is 0 Å². The highest BCUT2D eigenvalue weighted by molar-refractivity contribution is 7.81. The number of carboxylic acid groups (broad SMARTS) is 1. The van der Waals surface area contributed by atoms with E-state index in [1.54, 1.807) is 18.2 Å². The van der Waals surface area contributed by atoms with Gasteiger partial charge in [-0.25, -0.2) is 4.79 Å². The number of nitrogens with two attached hydrogens (primary N) is 2. The number of rotatable bonds is 12. The molecule has 0 bridgehead atoms. The van der Waals surface area contributed by atoms with Crippen LogP contribution in [0, 0.1) is 0 Å². The van der Waals surface area contributed by atoms with Crippen LogP contribution in [0.3, 0.4) is 0 Å². The van der Waals surface area contributed by atoms with E-state index in [4.69, 9.17) is 11.5 Å². The lowest BCUT2D eigenvalue weighted by Gasteiger charge is -2.22. The summed E-state index contributed by atoms with van der Waals surface area (Å²) in [6, 6.07) is 10.1. The molecule has 0 heterocycles. The Hall–Kier alpha value is -2.53. The first kappa shape index (κ1) is 26.7. The molecule has 2 rings (SSSR count). The summed E-state index contributed by atoms with van der Waals surface area (Å²) in [6.07, 6.45) is 1.63. The van der Waals surface area contributed by atoms with Crippen molar-refractivity contribution >= 4 is 43.0 Å². The summed E-state index contributed by atoms with van der Waals surface area (Å²) in [6.45, 7) is 0.825. The van der Waals surface area contributed by atoms with Crippen molar-refractivity contribution in [3.8, 4) is 0 Å². The van der Waals surface area contributed by atoms with E-state index < -0.39 is 29.9 Å². The Morgan fingerprint density at radius 1 is 0.879 bits per heavy atom. The SMILES string of the molecule is NCCCC[C@H](NC(=O)[C@H](Cc1ccc(CN)cc1)NC(=O)c1cc(S)cc(S)c1)C(=O)O. The van der Waals surface area contributed by atoms with Gasteiger partial charge in [0.1, 0.15) is 12.1 Å². The van der Waals surface area contributed by atoms with Gasteiger partial charge in [0.05, 0.1) is 0 Å². The van der Waals surface area contributed by atoms with Crippen LogP contribution in [0.1, 0.15) is 40.7 Å². The monoisotopic (exact) mass is 490 g/mol. The molecule has 0 unspecified atom stereocenters. The third-order valence-corrected chi connectivity index (χ3v) is 5.56. The Morgan fingerprint density at radius 2 is 1.48 bits per heavy atom. The fourth-order valence-corrected chi connectivity index (χ4v) is 3.90. The maximum atomic E-state index is 13.1. The van der Waals surface area contributed by atoms with E-state index in [0.29, 0.717) is 41.3 Å². The number of thiol groups is 2. The van der Waals surface area contributed by atoms with E-state index in [9.17, 15) is 19.5 Å². The summed E-state index contributed by atoms with van der Waals surface area (Å²) in [4.78, 5) is 38.7.